The van der Waals surface area contributed by atoms with E-state index in [1.807, 2.05) is 6.92 Å². The average Bonchev–Trinajstić information content (AvgIpc) is 2.25. The predicted molar refractivity (Wildman–Crippen MR) is 62.7 cm³/mol. The zero-order valence-corrected chi connectivity index (χ0v) is 10.1. The van der Waals surface area contributed by atoms with Crippen LogP contribution in [-0.2, 0) is 15.1 Å². The molecule has 4 heteroatoms. The van der Waals surface area contributed by atoms with E-state index in [-0.39, 0.29) is 0 Å². The van der Waals surface area contributed by atoms with Gasteiger partial charge in [0.1, 0.15) is 0 Å². The summed E-state index contributed by atoms with van der Waals surface area (Å²) in [5, 5.41) is 9.74. The maximum absolute atomic E-state index is 11.3. The number of carboxylic acid groups (broad SMARTS) is 1. The topological polar surface area (TPSA) is 46.5 Å². The van der Waals surface area contributed by atoms with Crippen LogP contribution in [-0.4, -0.2) is 17.7 Å². The highest BCUT2D eigenvalue weighted by molar-refractivity contribution is 6.30. The Hall–Kier alpha value is -1.06. The molecule has 3 nitrogen and oxygen atoms in total. The van der Waals surface area contributed by atoms with E-state index in [0.717, 1.165) is 6.42 Å². The Balaban J connectivity index is 3.06. The number of rotatable bonds is 5. The molecule has 1 N–H and O–H groups in total. The molecule has 0 saturated heterocycles. The zero-order chi connectivity index (χ0) is 12.2. The van der Waals surface area contributed by atoms with Crippen molar-refractivity contribution in [2.24, 2.45) is 0 Å². The van der Waals surface area contributed by atoms with E-state index in [9.17, 15) is 9.90 Å². The number of carboxylic acids is 1. The van der Waals surface area contributed by atoms with Gasteiger partial charge < -0.3 is 9.84 Å². The third-order valence-corrected chi connectivity index (χ3v) is 2.61. The largest absolute Gasteiger partial charge is 0.479 e. The second-order valence-electron chi connectivity index (χ2n) is 3.70. The summed E-state index contributed by atoms with van der Waals surface area (Å²) in [6, 6.07) is 6.74. The fourth-order valence-electron chi connectivity index (χ4n) is 1.36. The van der Waals surface area contributed by atoms with Crippen molar-refractivity contribution in [1.82, 2.24) is 0 Å². The summed E-state index contributed by atoms with van der Waals surface area (Å²) < 4.78 is 5.42. The molecule has 0 aliphatic rings. The van der Waals surface area contributed by atoms with Crippen molar-refractivity contribution in [2.75, 3.05) is 6.61 Å². The van der Waals surface area contributed by atoms with Gasteiger partial charge >= 0.3 is 5.97 Å². The smallest absolute Gasteiger partial charge is 0.340 e. The minimum atomic E-state index is -1.33. The minimum absolute atomic E-state index is 0.398. The summed E-state index contributed by atoms with van der Waals surface area (Å²) in [4.78, 5) is 11.3. The summed E-state index contributed by atoms with van der Waals surface area (Å²) in [5.41, 5.74) is -0.776. The van der Waals surface area contributed by atoms with Crippen LogP contribution in [0.4, 0.5) is 0 Å². The number of benzene rings is 1. The van der Waals surface area contributed by atoms with E-state index in [2.05, 4.69) is 0 Å². The Morgan fingerprint density at radius 1 is 1.56 bits per heavy atom. The lowest BCUT2D eigenvalue weighted by Crippen LogP contribution is -2.35. The first-order valence-electron chi connectivity index (χ1n) is 5.14. The molecule has 0 saturated carbocycles. The number of carbonyl (C=O) groups is 1. The SMILES string of the molecule is CCCOC(C)(C(=O)O)c1cccc(Cl)c1. The molecular formula is C12H15ClO3. The molecule has 88 valence electrons. The van der Waals surface area contributed by atoms with Crippen molar-refractivity contribution in [3.63, 3.8) is 0 Å². The molecule has 0 fully saturated rings. The Bertz CT molecular complexity index is 378. The van der Waals surface area contributed by atoms with E-state index < -0.39 is 11.6 Å². The number of aliphatic carboxylic acids is 1. The number of hydrogen-bond donors (Lipinski definition) is 1. The van der Waals surface area contributed by atoms with Crippen LogP contribution >= 0.6 is 11.6 Å². The monoisotopic (exact) mass is 242 g/mol. The van der Waals surface area contributed by atoms with E-state index in [1.54, 1.807) is 24.3 Å². The molecular weight excluding hydrogens is 228 g/mol. The van der Waals surface area contributed by atoms with Gasteiger partial charge in [0, 0.05) is 11.6 Å². The lowest BCUT2D eigenvalue weighted by Gasteiger charge is -2.25. The van der Waals surface area contributed by atoms with Crippen LogP contribution in [0.3, 0.4) is 0 Å². The van der Waals surface area contributed by atoms with E-state index in [4.69, 9.17) is 16.3 Å². The molecule has 0 spiro atoms. The molecule has 0 aliphatic heterocycles. The van der Waals surface area contributed by atoms with E-state index in [1.165, 1.54) is 6.92 Å². The number of hydrogen-bond acceptors (Lipinski definition) is 2. The van der Waals surface area contributed by atoms with Crippen LogP contribution in [0, 0.1) is 0 Å². The first-order chi connectivity index (χ1) is 7.50. The van der Waals surface area contributed by atoms with Gasteiger partial charge in [-0.15, -0.1) is 0 Å². The summed E-state index contributed by atoms with van der Waals surface area (Å²) in [6.45, 7) is 3.87. The summed E-state index contributed by atoms with van der Waals surface area (Å²) >= 11 is 5.84. The van der Waals surface area contributed by atoms with Gasteiger partial charge in [-0.25, -0.2) is 4.79 Å². The van der Waals surface area contributed by atoms with Crippen molar-refractivity contribution in [1.29, 1.82) is 0 Å². The molecule has 0 aliphatic carbocycles. The van der Waals surface area contributed by atoms with Gasteiger partial charge in [0.2, 0.25) is 0 Å². The molecule has 1 atom stereocenters. The van der Waals surface area contributed by atoms with Gasteiger partial charge in [-0.1, -0.05) is 30.7 Å². The van der Waals surface area contributed by atoms with E-state index >= 15 is 0 Å². The fourth-order valence-corrected chi connectivity index (χ4v) is 1.55. The summed E-state index contributed by atoms with van der Waals surface area (Å²) in [6.07, 6.45) is 0.767. The molecule has 0 heterocycles. The molecule has 0 aromatic heterocycles. The van der Waals surface area contributed by atoms with Crippen LogP contribution in [0.1, 0.15) is 25.8 Å². The molecule has 1 rings (SSSR count). The molecule has 1 unspecified atom stereocenters. The van der Waals surface area contributed by atoms with Crippen molar-refractivity contribution < 1.29 is 14.6 Å². The highest BCUT2D eigenvalue weighted by atomic mass is 35.5. The fraction of sp³-hybridized carbons (Fsp3) is 0.417. The molecule has 1 aromatic carbocycles. The van der Waals surface area contributed by atoms with Gasteiger partial charge in [0.05, 0.1) is 0 Å². The molecule has 16 heavy (non-hydrogen) atoms. The highest BCUT2D eigenvalue weighted by Gasteiger charge is 2.36. The summed E-state index contributed by atoms with van der Waals surface area (Å²) in [7, 11) is 0. The summed E-state index contributed by atoms with van der Waals surface area (Å²) in [5.74, 6) is -1.01. The lowest BCUT2D eigenvalue weighted by molar-refractivity contribution is -0.165. The molecule has 1 aromatic rings. The van der Waals surface area contributed by atoms with Crippen molar-refractivity contribution in [2.45, 2.75) is 25.9 Å². The maximum atomic E-state index is 11.3. The van der Waals surface area contributed by atoms with Gasteiger partial charge in [0.15, 0.2) is 5.60 Å². The molecule has 0 bridgehead atoms. The lowest BCUT2D eigenvalue weighted by atomic mass is 9.96. The Labute approximate surface area is 100.0 Å². The Kier molecular flexibility index (Phi) is 4.33. The van der Waals surface area contributed by atoms with Gasteiger partial charge in [0.25, 0.3) is 0 Å². The molecule has 0 radical (unpaired) electrons. The normalized spacial score (nSPS) is 14.4. The number of halogens is 1. The highest BCUT2D eigenvalue weighted by Crippen LogP contribution is 2.28. The Morgan fingerprint density at radius 3 is 2.75 bits per heavy atom. The van der Waals surface area contributed by atoms with Crippen LogP contribution < -0.4 is 0 Å². The first-order valence-corrected chi connectivity index (χ1v) is 5.52. The van der Waals surface area contributed by atoms with Crippen LogP contribution in [0.5, 0.6) is 0 Å². The van der Waals surface area contributed by atoms with E-state index in [0.29, 0.717) is 17.2 Å². The number of ether oxygens (including phenoxy) is 1. The van der Waals surface area contributed by atoms with Crippen molar-refractivity contribution in [3.05, 3.63) is 34.9 Å². The van der Waals surface area contributed by atoms with Gasteiger partial charge in [-0.05, 0) is 31.0 Å². The minimum Gasteiger partial charge on any atom is -0.479 e. The average molecular weight is 243 g/mol. The Morgan fingerprint density at radius 2 is 2.25 bits per heavy atom. The first kappa shape index (κ1) is 13.0. The predicted octanol–water partition coefficient (Wildman–Crippen LogP) is 3.07. The van der Waals surface area contributed by atoms with Gasteiger partial charge in [-0.2, -0.15) is 0 Å². The van der Waals surface area contributed by atoms with Crippen LogP contribution in [0.2, 0.25) is 5.02 Å². The van der Waals surface area contributed by atoms with Crippen LogP contribution in [0.15, 0.2) is 24.3 Å². The third kappa shape index (κ3) is 2.74. The third-order valence-electron chi connectivity index (χ3n) is 2.38. The van der Waals surface area contributed by atoms with Crippen molar-refractivity contribution >= 4 is 17.6 Å². The second kappa shape index (κ2) is 5.32. The second-order valence-corrected chi connectivity index (χ2v) is 4.13. The van der Waals surface area contributed by atoms with Gasteiger partial charge in [-0.3, -0.25) is 0 Å². The maximum Gasteiger partial charge on any atom is 0.340 e. The quantitative estimate of drug-likeness (QED) is 0.863. The standard InChI is InChI=1S/C12H15ClO3/c1-3-7-16-12(2,11(14)15)9-5-4-6-10(13)8-9/h4-6,8H,3,7H2,1-2H3,(H,14,15). The zero-order valence-electron chi connectivity index (χ0n) is 9.37. The van der Waals surface area contributed by atoms with Crippen molar-refractivity contribution in [3.8, 4) is 0 Å². The molecule has 0 amide bonds. The van der Waals surface area contributed by atoms with Crippen LogP contribution in [0.25, 0.3) is 0 Å².